The summed E-state index contributed by atoms with van der Waals surface area (Å²) >= 11 is 2.00. The predicted molar refractivity (Wildman–Crippen MR) is 67.0 cm³/mol. The van der Waals surface area contributed by atoms with Gasteiger partial charge >= 0.3 is 0 Å². The molecule has 0 saturated carbocycles. The van der Waals surface area contributed by atoms with Crippen LogP contribution in [0.25, 0.3) is 0 Å². The molecular formula is C12H18N2S. The van der Waals surface area contributed by atoms with Gasteiger partial charge in [-0.15, -0.1) is 0 Å². The second kappa shape index (κ2) is 5.01. The van der Waals surface area contributed by atoms with Crippen molar-refractivity contribution >= 4 is 11.8 Å². The molecule has 2 rings (SSSR count). The molecule has 3 heteroatoms. The van der Waals surface area contributed by atoms with Crippen LogP contribution in [0.15, 0.2) is 30.3 Å². The van der Waals surface area contributed by atoms with Crippen LogP contribution >= 0.6 is 11.8 Å². The van der Waals surface area contributed by atoms with Gasteiger partial charge in [0.2, 0.25) is 0 Å². The van der Waals surface area contributed by atoms with Crippen LogP contribution in [-0.4, -0.2) is 23.6 Å². The maximum absolute atomic E-state index is 5.86. The molecule has 0 amide bonds. The Bertz CT molecular complexity index is 294. The zero-order chi connectivity index (χ0) is 10.6. The number of thioether (sulfide) groups is 1. The minimum Gasteiger partial charge on any atom is -0.329 e. The van der Waals surface area contributed by atoms with E-state index in [4.69, 9.17) is 5.73 Å². The van der Waals surface area contributed by atoms with Crippen molar-refractivity contribution in [3.63, 3.8) is 0 Å². The summed E-state index contributed by atoms with van der Waals surface area (Å²) in [6.45, 7) is 1.67. The van der Waals surface area contributed by atoms with Crippen molar-refractivity contribution in [2.24, 2.45) is 5.73 Å². The lowest BCUT2D eigenvalue weighted by molar-refractivity contribution is 0.371. The summed E-state index contributed by atoms with van der Waals surface area (Å²) in [5.41, 5.74) is 7.37. The van der Waals surface area contributed by atoms with E-state index < -0.39 is 0 Å². The van der Waals surface area contributed by atoms with Crippen molar-refractivity contribution in [3.8, 4) is 0 Å². The molecule has 1 aliphatic rings. The van der Waals surface area contributed by atoms with E-state index in [9.17, 15) is 0 Å². The Kier molecular flexibility index (Phi) is 3.67. The Morgan fingerprint density at radius 2 is 2.13 bits per heavy atom. The topological polar surface area (TPSA) is 38.0 Å². The molecule has 1 saturated heterocycles. The van der Waals surface area contributed by atoms with Gasteiger partial charge in [-0.3, -0.25) is 0 Å². The summed E-state index contributed by atoms with van der Waals surface area (Å²) in [6, 6.07) is 10.5. The lowest BCUT2D eigenvalue weighted by Gasteiger charge is -2.28. The molecule has 82 valence electrons. The Morgan fingerprint density at radius 1 is 1.33 bits per heavy atom. The Hall–Kier alpha value is -0.510. The lowest BCUT2D eigenvalue weighted by atomic mass is 9.99. The van der Waals surface area contributed by atoms with Gasteiger partial charge in [0.05, 0.1) is 0 Å². The fraction of sp³-hybridized carbons (Fsp3) is 0.500. The first-order valence-electron chi connectivity index (χ1n) is 5.41. The zero-order valence-corrected chi connectivity index (χ0v) is 9.72. The first-order valence-corrected chi connectivity index (χ1v) is 6.57. The van der Waals surface area contributed by atoms with Crippen LogP contribution in [0.3, 0.4) is 0 Å². The van der Waals surface area contributed by atoms with Gasteiger partial charge < -0.3 is 11.1 Å². The average Bonchev–Trinajstić information content (AvgIpc) is 2.77. The second-order valence-corrected chi connectivity index (χ2v) is 5.23. The van der Waals surface area contributed by atoms with Crippen molar-refractivity contribution in [2.45, 2.75) is 18.5 Å². The summed E-state index contributed by atoms with van der Waals surface area (Å²) < 4.78 is 0. The first-order chi connectivity index (χ1) is 7.35. The SMILES string of the molecule is NCC1(NCc2ccccc2)CCSC1. The maximum Gasteiger partial charge on any atom is 0.0405 e. The molecule has 1 fully saturated rings. The van der Waals surface area contributed by atoms with Crippen LogP contribution < -0.4 is 11.1 Å². The van der Waals surface area contributed by atoms with Gasteiger partial charge in [0.1, 0.15) is 0 Å². The number of benzene rings is 1. The van der Waals surface area contributed by atoms with E-state index in [1.54, 1.807) is 0 Å². The minimum atomic E-state index is 0.181. The van der Waals surface area contributed by atoms with Crippen molar-refractivity contribution in [1.29, 1.82) is 0 Å². The van der Waals surface area contributed by atoms with E-state index in [1.807, 2.05) is 17.8 Å². The molecule has 1 heterocycles. The number of nitrogens with one attached hydrogen (secondary N) is 1. The van der Waals surface area contributed by atoms with Crippen LogP contribution in [0, 0.1) is 0 Å². The molecule has 1 aromatic rings. The summed E-state index contributed by atoms with van der Waals surface area (Å²) in [4.78, 5) is 0. The normalized spacial score (nSPS) is 25.7. The van der Waals surface area contributed by atoms with Crippen molar-refractivity contribution < 1.29 is 0 Å². The van der Waals surface area contributed by atoms with Crippen LogP contribution in [0.2, 0.25) is 0 Å². The molecule has 15 heavy (non-hydrogen) atoms. The summed E-state index contributed by atoms with van der Waals surface area (Å²) in [7, 11) is 0. The highest BCUT2D eigenvalue weighted by Gasteiger charge is 2.32. The molecule has 1 unspecified atom stereocenters. The quantitative estimate of drug-likeness (QED) is 0.813. The van der Waals surface area contributed by atoms with Crippen LogP contribution in [0.4, 0.5) is 0 Å². The minimum absolute atomic E-state index is 0.181. The molecule has 0 radical (unpaired) electrons. The summed E-state index contributed by atoms with van der Waals surface area (Å²) in [6.07, 6.45) is 1.20. The highest BCUT2D eigenvalue weighted by atomic mass is 32.2. The Morgan fingerprint density at radius 3 is 2.73 bits per heavy atom. The molecule has 3 N–H and O–H groups in total. The van der Waals surface area contributed by atoms with E-state index in [2.05, 4.69) is 29.6 Å². The third-order valence-corrected chi connectivity index (χ3v) is 4.25. The highest BCUT2D eigenvalue weighted by molar-refractivity contribution is 7.99. The summed E-state index contributed by atoms with van der Waals surface area (Å²) in [5.74, 6) is 2.38. The van der Waals surface area contributed by atoms with Crippen LogP contribution in [0.1, 0.15) is 12.0 Å². The fourth-order valence-corrected chi connectivity index (χ4v) is 3.30. The van der Waals surface area contributed by atoms with Crippen molar-refractivity contribution in [3.05, 3.63) is 35.9 Å². The molecule has 2 nitrogen and oxygen atoms in total. The smallest absolute Gasteiger partial charge is 0.0405 e. The number of hydrogen-bond acceptors (Lipinski definition) is 3. The predicted octanol–water partition coefficient (Wildman–Crippen LogP) is 1.61. The third kappa shape index (κ3) is 2.74. The monoisotopic (exact) mass is 222 g/mol. The first kappa shape index (κ1) is 11.0. The van der Waals surface area contributed by atoms with Gasteiger partial charge in [0.15, 0.2) is 0 Å². The van der Waals surface area contributed by atoms with Gasteiger partial charge in [-0.05, 0) is 17.7 Å². The second-order valence-electron chi connectivity index (χ2n) is 4.13. The third-order valence-electron chi connectivity index (χ3n) is 3.00. The highest BCUT2D eigenvalue weighted by Crippen LogP contribution is 2.27. The average molecular weight is 222 g/mol. The molecule has 1 aliphatic heterocycles. The Balaban J connectivity index is 1.92. The standard InChI is InChI=1S/C12H18N2S/c13-9-12(6-7-15-10-12)14-8-11-4-2-1-3-5-11/h1-5,14H,6-10,13H2. The van der Waals surface area contributed by atoms with Crippen LogP contribution in [0.5, 0.6) is 0 Å². The van der Waals surface area contributed by atoms with Gasteiger partial charge in [0.25, 0.3) is 0 Å². The van der Waals surface area contributed by atoms with Gasteiger partial charge in [0, 0.05) is 24.4 Å². The zero-order valence-electron chi connectivity index (χ0n) is 8.91. The van der Waals surface area contributed by atoms with Crippen molar-refractivity contribution in [2.75, 3.05) is 18.1 Å². The number of hydrogen-bond donors (Lipinski definition) is 2. The van der Waals surface area contributed by atoms with Gasteiger partial charge in [-0.25, -0.2) is 0 Å². The fourth-order valence-electron chi connectivity index (χ4n) is 1.87. The van der Waals surface area contributed by atoms with E-state index >= 15 is 0 Å². The van der Waals surface area contributed by atoms with Gasteiger partial charge in [-0.1, -0.05) is 30.3 Å². The number of nitrogens with two attached hydrogens (primary N) is 1. The van der Waals surface area contributed by atoms with E-state index in [1.165, 1.54) is 17.7 Å². The molecular weight excluding hydrogens is 204 g/mol. The molecule has 1 aromatic carbocycles. The lowest BCUT2D eigenvalue weighted by Crippen LogP contribution is -2.50. The van der Waals surface area contributed by atoms with Crippen molar-refractivity contribution in [1.82, 2.24) is 5.32 Å². The molecule has 0 aliphatic carbocycles. The van der Waals surface area contributed by atoms with E-state index in [0.717, 1.165) is 18.8 Å². The number of rotatable bonds is 4. The molecule has 0 spiro atoms. The Labute approximate surface area is 95.6 Å². The molecule has 0 bridgehead atoms. The van der Waals surface area contributed by atoms with E-state index in [-0.39, 0.29) is 5.54 Å². The molecule has 1 atom stereocenters. The maximum atomic E-state index is 5.86. The largest absolute Gasteiger partial charge is 0.329 e. The van der Waals surface area contributed by atoms with E-state index in [0.29, 0.717) is 0 Å². The van der Waals surface area contributed by atoms with Crippen LogP contribution in [-0.2, 0) is 6.54 Å². The summed E-state index contributed by atoms with van der Waals surface area (Å²) in [5, 5.41) is 3.62. The van der Waals surface area contributed by atoms with Gasteiger partial charge in [-0.2, -0.15) is 11.8 Å². The molecule has 0 aromatic heterocycles.